The number of allylic oxidation sites excluding steroid dienone is 1. The van der Waals surface area contributed by atoms with Crippen LogP contribution in [0, 0.1) is 5.82 Å². The number of hydrogen-bond acceptors (Lipinski definition) is 1. The summed E-state index contributed by atoms with van der Waals surface area (Å²) in [6.45, 7) is 1.74. The predicted molar refractivity (Wildman–Crippen MR) is 55.0 cm³/mol. The van der Waals surface area contributed by atoms with Gasteiger partial charge < -0.3 is 5.11 Å². The molecule has 78 valence electrons. The van der Waals surface area contributed by atoms with Gasteiger partial charge >= 0.3 is 5.97 Å². The lowest BCUT2D eigenvalue weighted by Crippen LogP contribution is -2.10. The molecule has 1 N–H and O–H groups in total. The lowest BCUT2D eigenvalue weighted by molar-refractivity contribution is -0.132. The highest BCUT2D eigenvalue weighted by atomic mass is 19.1. The number of carboxylic acid groups (broad SMARTS) is 1. The van der Waals surface area contributed by atoms with Crippen LogP contribution in [0.4, 0.5) is 4.39 Å². The number of rotatable bonds is 1. The highest BCUT2D eigenvalue weighted by Gasteiger charge is 2.20. The highest BCUT2D eigenvalue weighted by Crippen LogP contribution is 2.31. The second kappa shape index (κ2) is 3.50. The van der Waals surface area contributed by atoms with Crippen LogP contribution >= 0.6 is 0 Å². The predicted octanol–water partition coefficient (Wildman–Crippen LogP) is 2.63. The fraction of sp³-hybridized carbons (Fsp3) is 0.250. The topological polar surface area (TPSA) is 37.3 Å². The average molecular weight is 206 g/mol. The second-order valence-electron chi connectivity index (χ2n) is 3.71. The van der Waals surface area contributed by atoms with Crippen LogP contribution in [-0.2, 0) is 11.2 Å². The third-order valence-corrected chi connectivity index (χ3v) is 2.83. The standard InChI is InChI=1S/C12H11FO2/c1-7-10(12(14)15)5-3-8-2-4-9(13)6-11(7)8/h2,4,6H,3,5H2,1H3,(H,14,15). The normalized spacial score (nSPS) is 15.1. The molecule has 2 nitrogen and oxygen atoms in total. The molecule has 0 saturated heterocycles. The molecule has 0 bridgehead atoms. The number of carbonyl (C=O) groups is 1. The van der Waals surface area contributed by atoms with Crippen LogP contribution in [0.1, 0.15) is 24.5 Å². The summed E-state index contributed by atoms with van der Waals surface area (Å²) in [5.41, 5.74) is 2.84. The molecule has 1 aromatic rings. The van der Waals surface area contributed by atoms with E-state index in [1.165, 1.54) is 12.1 Å². The molecule has 0 aromatic heterocycles. The van der Waals surface area contributed by atoms with Gasteiger partial charge in [0.2, 0.25) is 0 Å². The molecule has 1 aliphatic carbocycles. The van der Waals surface area contributed by atoms with Crippen molar-refractivity contribution < 1.29 is 14.3 Å². The Hall–Kier alpha value is -1.64. The lowest BCUT2D eigenvalue weighted by Gasteiger charge is -2.18. The van der Waals surface area contributed by atoms with E-state index in [2.05, 4.69) is 0 Å². The van der Waals surface area contributed by atoms with Gasteiger partial charge in [-0.05, 0) is 48.6 Å². The van der Waals surface area contributed by atoms with E-state index in [1.54, 1.807) is 13.0 Å². The molecule has 1 aliphatic rings. The first kappa shape index (κ1) is 9.90. The van der Waals surface area contributed by atoms with Crippen molar-refractivity contribution in [1.29, 1.82) is 0 Å². The fourth-order valence-corrected chi connectivity index (χ4v) is 1.99. The number of fused-ring (bicyclic) bond motifs is 1. The van der Waals surface area contributed by atoms with Gasteiger partial charge in [0, 0.05) is 5.57 Å². The molecule has 0 unspecified atom stereocenters. The van der Waals surface area contributed by atoms with Gasteiger partial charge in [0.05, 0.1) is 0 Å². The van der Waals surface area contributed by atoms with E-state index in [-0.39, 0.29) is 5.82 Å². The molecular weight excluding hydrogens is 195 g/mol. The van der Waals surface area contributed by atoms with Crippen molar-refractivity contribution in [2.75, 3.05) is 0 Å². The Balaban J connectivity index is 2.59. The summed E-state index contributed by atoms with van der Waals surface area (Å²) in [6.07, 6.45) is 1.20. The third kappa shape index (κ3) is 1.65. The minimum Gasteiger partial charge on any atom is -0.478 e. The van der Waals surface area contributed by atoms with Crippen LogP contribution < -0.4 is 0 Å². The van der Waals surface area contributed by atoms with Gasteiger partial charge in [-0.3, -0.25) is 0 Å². The zero-order valence-corrected chi connectivity index (χ0v) is 8.38. The Morgan fingerprint density at radius 1 is 1.40 bits per heavy atom. The van der Waals surface area contributed by atoms with Crippen molar-refractivity contribution in [2.24, 2.45) is 0 Å². The van der Waals surface area contributed by atoms with E-state index in [1.807, 2.05) is 0 Å². The van der Waals surface area contributed by atoms with E-state index < -0.39 is 5.97 Å². The zero-order chi connectivity index (χ0) is 11.0. The summed E-state index contributed by atoms with van der Waals surface area (Å²) in [4.78, 5) is 10.9. The first-order valence-electron chi connectivity index (χ1n) is 4.81. The van der Waals surface area contributed by atoms with E-state index in [0.717, 1.165) is 11.1 Å². The van der Waals surface area contributed by atoms with Gasteiger partial charge in [0.15, 0.2) is 0 Å². The monoisotopic (exact) mass is 206 g/mol. The summed E-state index contributed by atoms with van der Waals surface area (Å²) in [6, 6.07) is 4.55. The van der Waals surface area contributed by atoms with E-state index in [0.29, 0.717) is 24.0 Å². The molecule has 2 rings (SSSR count). The van der Waals surface area contributed by atoms with Crippen LogP contribution in [0.25, 0.3) is 5.57 Å². The van der Waals surface area contributed by atoms with Gasteiger partial charge in [-0.15, -0.1) is 0 Å². The van der Waals surface area contributed by atoms with Crippen LogP contribution in [0.3, 0.4) is 0 Å². The number of benzene rings is 1. The van der Waals surface area contributed by atoms with Crippen molar-refractivity contribution in [3.05, 3.63) is 40.7 Å². The molecule has 3 heteroatoms. The highest BCUT2D eigenvalue weighted by molar-refractivity contribution is 5.97. The average Bonchev–Trinajstić information content (AvgIpc) is 2.19. The van der Waals surface area contributed by atoms with Crippen molar-refractivity contribution >= 4 is 11.5 Å². The van der Waals surface area contributed by atoms with Gasteiger partial charge in [-0.25, -0.2) is 9.18 Å². The van der Waals surface area contributed by atoms with Gasteiger partial charge in [0.1, 0.15) is 5.82 Å². The SMILES string of the molecule is CC1=C(C(=O)O)CCc2ccc(F)cc21. The molecule has 0 fully saturated rings. The van der Waals surface area contributed by atoms with E-state index in [4.69, 9.17) is 5.11 Å². The third-order valence-electron chi connectivity index (χ3n) is 2.83. The molecule has 15 heavy (non-hydrogen) atoms. The molecule has 0 radical (unpaired) electrons. The number of carboxylic acids is 1. The summed E-state index contributed by atoms with van der Waals surface area (Å²) >= 11 is 0. The Morgan fingerprint density at radius 3 is 2.80 bits per heavy atom. The van der Waals surface area contributed by atoms with Gasteiger partial charge in [-0.2, -0.15) is 0 Å². The number of aliphatic carboxylic acids is 1. The number of halogens is 1. The Labute approximate surface area is 87.0 Å². The first-order valence-corrected chi connectivity index (χ1v) is 4.81. The Bertz CT molecular complexity index is 461. The smallest absolute Gasteiger partial charge is 0.331 e. The lowest BCUT2D eigenvalue weighted by atomic mass is 9.86. The van der Waals surface area contributed by atoms with Crippen molar-refractivity contribution in [3.63, 3.8) is 0 Å². The number of hydrogen-bond donors (Lipinski definition) is 1. The molecule has 0 saturated carbocycles. The van der Waals surface area contributed by atoms with Crippen LogP contribution in [0.15, 0.2) is 23.8 Å². The maximum Gasteiger partial charge on any atom is 0.331 e. The maximum atomic E-state index is 13.0. The van der Waals surface area contributed by atoms with Crippen molar-refractivity contribution in [2.45, 2.75) is 19.8 Å². The maximum absolute atomic E-state index is 13.0. The number of aryl methyl sites for hydroxylation is 1. The first-order chi connectivity index (χ1) is 7.09. The Morgan fingerprint density at radius 2 is 2.13 bits per heavy atom. The minimum atomic E-state index is -0.901. The largest absolute Gasteiger partial charge is 0.478 e. The van der Waals surface area contributed by atoms with E-state index >= 15 is 0 Å². The second-order valence-corrected chi connectivity index (χ2v) is 3.71. The summed E-state index contributed by atoms with van der Waals surface area (Å²) in [7, 11) is 0. The summed E-state index contributed by atoms with van der Waals surface area (Å²) in [5.74, 6) is -1.22. The quantitative estimate of drug-likeness (QED) is 0.766. The van der Waals surface area contributed by atoms with Gasteiger partial charge in [-0.1, -0.05) is 6.07 Å². The van der Waals surface area contributed by atoms with E-state index in [9.17, 15) is 9.18 Å². The summed E-state index contributed by atoms with van der Waals surface area (Å²) in [5, 5.41) is 8.95. The minimum absolute atomic E-state index is 0.320. The fourth-order valence-electron chi connectivity index (χ4n) is 1.99. The molecule has 1 aromatic carbocycles. The zero-order valence-electron chi connectivity index (χ0n) is 8.38. The van der Waals surface area contributed by atoms with Crippen molar-refractivity contribution in [3.8, 4) is 0 Å². The molecule has 0 amide bonds. The summed E-state index contributed by atoms with van der Waals surface area (Å²) < 4.78 is 13.0. The van der Waals surface area contributed by atoms with Crippen molar-refractivity contribution in [1.82, 2.24) is 0 Å². The van der Waals surface area contributed by atoms with Crippen LogP contribution in [0.2, 0.25) is 0 Å². The molecular formula is C12H11FO2. The molecule has 0 aliphatic heterocycles. The molecule has 0 atom stereocenters. The molecule has 0 spiro atoms. The van der Waals surface area contributed by atoms with Crippen LogP contribution in [-0.4, -0.2) is 11.1 Å². The Kier molecular flexibility index (Phi) is 2.31. The molecule has 0 heterocycles. The van der Waals surface area contributed by atoms with Crippen LogP contribution in [0.5, 0.6) is 0 Å². The van der Waals surface area contributed by atoms with Gasteiger partial charge in [0.25, 0.3) is 0 Å².